The van der Waals surface area contributed by atoms with Gasteiger partial charge in [-0.3, -0.25) is 4.55 Å². The van der Waals surface area contributed by atoms with Gasteiger partial charge in [0.15, 0.2) is 6.19 Å². The molecule has 0 radical (unpaired) electrons. The van der Waals surface area contributed by atoms with Gasteiger partial charge in [0.05, 0.1) is 5.69 Å². The molecule has 0 amide bonds. The van der Waals surface area contributed by atoms with Crippen molar-refractivity contribution in [3.63, 3.8) is 0 Å². The minimum atomic E-state index is -2.39. The molecule has 1 unspecified atom stereocenters. The Hall–Kier alpha value is -2.42. The van der Waals surface area contributed by atoms with Crippen molar-refractivity contribution in [3.8, 4) is 17.3 Å². The summed E-state index contributed by atoms with van der Waals surface area (Å²) in [5, 5.41) is 9.19. The Morgan fingerprint density at radius 2 is 1.65 bits per heavy atom. The molecule has 134 valence electrons. The number of rotatable bonds is 4. The Morgan fingerprint density at radius 1 is 1.00 bits per heavy atom. The number of para-hydroxylation sites is 1. The lowest BCUT2D eigenvalue weighted by atomic mass is 10.00. The van der Waals surface area contributed by atoms with E-state index in [4.69, 9.17) is 0 Å². The molecular formula is C21H22N2O2S. The van der Waals surface area contributed by atoms with Crippen LogP contribution < -0.4 is 4.31 Å². The summed E-state index contributed by atoms with van der Waals surface area (Å²) in [5.41, 5.74) is 4.78. The second kappa shape index (κ2) is 8.79. The fourth-order valence-electron chi connectivity index (χ4n) is 3.39. The molecule has 0 aliphatic heterocycles. The van der Waals surface area contributed by atoms with Crippen molar-refractivity contribution < 1.29 is 8.76 Å². The number of allylic oxidation sites excluding steroid dienone is 1. The minimum Gasteiger partial charge on any atom is -0.288 e. The molecule has 1 aliphatic rings. The number of nitriles is 1. The number of nitrogens with zero attached hydrogens (tertiary/aromatic N) is 2. The molecule has 1 fully saturated rings. The summed E-state index contributed by atoms with van der Waals surface area (Å²) in [4.78, 5) is 0. The third-order valence-electron chi connectivity index (χ3n) is 4.71. The third-order valence-corrected chi connectivity index (χ3v) is 5.30. The maximum absolute atomic E-state index is 11.4. The largest absolute Gasteiger partial charge is 0.288 e. The number of hydrogen-bond acceptors (Lipinski definition) is 2. The normalized spacial score (nSPS) is 15.6. The van der Waals surface area contributed by atoms with Crippen LogP contribution in [0.5, 0.6) is 0 Å². The van der Waals surface area contributed by atoms with E-state index in [9.17, 15) is 14.0 Å². The molecular weight excluding hydrogens is 344 g/mol. The Balaban J connectivity index is 1.89. The zero-order valence-electron chi connectivity index (χ0n) is 14.6. The second-order valence-electron chi connectivity index (χ2n) is 6.48. The Kier molecular flexibility index (Phi) is 6.21. The molecule has 2 aromatic carbocycles. The molecule has 3 rings (SSSR count). The van der Waals surface area contributed by atoms with E-state index >= 15 is 0 Å². The van der Waals surface area contributed by atoms with Gasteiger partial charge in [0, 0.05) is 5.56 Å². The Morgan fingerprint density at radius 3 is 2.27 bits per heavy atom. The van der Waals surface area contributed by atoms with Crippen molar-refractivity contribution >= 4 is 23.0 Å². The van der Waals surface area contributed by atoms with Crippen LogP contribution in [0, 0.1) is 11.5 Å². The topological polar surface area (TPSA) is 64.3 Å². The van der Waals surface area contributed by atoms with Gasteiger partial charge in [0.2, 0.25) is 0 Å². The van der Waals surface area contributed by atoms with Crippen LogP contribution in [-0.4, -0.2) is 8.76 Å². The van der Waals surface area contributed by atoms with Crippen LogP contribution in [0.15, 0.2) is 54.1 Å². The molecule has 5 heteroatoms. The Bertz CT molecular complexity index is 843. The lowest BCUT2D eigenvalue weighted by Gasteiger charge is -2.15. The molecule has 0 saturated heterocycles. The van der Waals surface area contributed by atoms with Gasteiger partial charge in [0.25, 0.3) is 11.3 Å². The summed E-state index contributed by atoms with van der Waals surface area (Å²) in [6, 6.07) is 15.3. The number of hydrogen-bond donors (Lipinski definition) is 1. The van der Waals surface area contributed by atoms with Crippen molar-refractivity contribution in [1.29, 1.82) is 5.26 Å². The van der Waals surface area contributed by atoms with Crippen LogP contribution in [0.4, 0.5) is 5.69 Å². The Labute approximate surface area is 157 Å². The van der Waals surface area contributed by atoms with Gasteiger partial charge in [-0.2, -0.15) is 9.57 Å². The highest BCUT2D eigenvalue weighted by molar-refractivity contribution is 7.81. The van der Waals surface area contributed by atoms with E-state index in [1.54, 1.807) is 18.3 Å². The highest BCUT2D eigenvalue weighted by atomic mass is 32.2. The maximum atomic E-state index is 11.4. The summed E-state index contributed by atoms with van der Waals surface area (Å²) in [5.74, 6) is 0. The predicted octanol–water partition coefficient (Wildman–Crippen LogP) is 5.52. The van der Waals surface area contributed by atoms with Crippen molar-refractivity contribution in [2.24, 2.45) is 0 Å². The van der Waals surface area contributed by atoms with E-state index in [0.29, 0.717) is 5.69 Å². The quantitative estimate of drug-likeness (QED) is 0.335. The van der Waals surface area contributed by atoms with E-state index < -0.39 is 11.3 Å². The first-order chi connectivity index (χ1) is 12.7. The van der Waals surface area contributed by atoms with Gasteiger partial charge in [-0.1, -0.05) is 67.0 Å². The lowest BCUT2D eigenvalue weighted by Crippen LogP contribution is -2.19. The minimum absolute atomic E-state index is 0.422. The summed E-state index contributed by atoms with van der Waals surface area (Å²) < 4.78 is 21.6. The van der Waals surface area contributed by atoms with Crippen LogP contribution in [0.1, 0.15) is 44.1 Å². The fourth-order valence-corrected chi connectivity index (χ4v) is 3.79. The standard InChI is InChI=1S/C21H22N2O2S/c22-16-23(26(24)25)21-10-6-5-9-20(21)19-13-11-18(12-14-19)15-17-7-3-1-2-4-8-17/h5-6,9-15H,1-4,7-8H2,(H,24,25). The van der Waals surface area contributed by atoms with Crippen molar-refractivity contribution in [2.75, 3.05) is 4.31 Å². The predicted molar refractivity (Wildman–Crippen MR) is 106 cm³/mol. The third kappa shape index (κ3) is 4.40. The summed E-state index contributed by atoms with van der Waals surface area (Å²) >= 11 is -2.39. The van der Waals surface area contributed by atoms with E-state index in [1.807, 2.05) is 24.3 Å². The van der Waals surface area contributed by atoms with E-state index in [-0.39, 0.29) is 0 Å². The average molecular weight is 366 g/mol. The van der Waals surface area contributed by atoms with Gasteiger partial charge in [-0.15, -0.1) is 0 Å². The van der Waals surface area contributed by atoms with Gasteiger partial charge in [0.1, 0.15) is 0 Å². The maximum Gasteiger partial charge on any atom is 0.275 e. The first-order valence-corrected chi connectivity index (χ1v) is 9.95. The van der Waals surface area contributed by atoms with E-state index in [2.05, 4.69) is 18.2 Å². The smallest absolute Gasteiger partial charge is 0.275 e. The summed E-state index contributed by atoms with van der Waals surface area (Å²) in [6.07, 6.45) is 11.6. The summed E-state index contributed by atoms with van der Waals surface area (Å²) in [6.45, 7) is 0. The molecule has 0 bridgehead atoms. The van der Waals surface area contributed by atoms with Crippen LogP contribution in [-0.2, 0) is 11.3 Å². The highest BCUT2D eigenvalue weighted by Gasteiger charge is 2.16. The second-order valence-corrected chi connectivity index (χ2v) is 7.31. The van der Waals surface area contributed by atoms with Crippen molar-refractivity contribution in [3.05, 3.63) is 59.7 Å². The van der Waals surface area contributed by atoms with Gasteiger partial charge < -0.3 is 0 Å². The summed E-state index contributed by atoms with van der Waals surface area (Å²) in [7, 11) is 0. The van der Waals surface area contributed by atoms with Crippen molar-refractivity contribution in [2.45, 2.75) is 38.5 Å². The molecule has 0 aromatic heterocycles. The first-order valence-electron chi connectivity index (χ1n) is 8.89. The lowest BCUT2D eigenvalue weighted by molar-refractivity contribution is 0.564. The van der Waals surface area contributed by atoms with E-state index in [0.717, 1.165) is 15.4 Å². The average Bonchev–Trinajstić information content (AvgIpc) is 2.92. The van der Waals surface area contributed by atoms with Crippen LogP contribution in [0.2, 0.25) is 0 Å². The zero-order valence-corrected chi connectivity index (χ0v) is 15.4. The van der Waals surface area contributed by atoms with E-state index in [1.165, 1.54) is 49.7 Å². The van der Waals surface area contributed by atoms with Gasteiger partial charge >= 0.3 is 0 Å². The van der Waals surface area contributed by atoms with Crippen LogP contribution in [0.3, 0.4) is 0 Å². The molecule has 1 saturated carbocycles. The fraction of sp³-hybridized carbons (Fsp3) is 0.286. The highest BCUT2D eigenvalue weighted by Crippen LogP contribution is 2.32. The monoisotopic (exact) mass is 366 g/mol. The number of anilines is 1. The molecule has 4 nitrogen and oxygen atoms in total. The van der Waals surface area contributed by atoms with Gasteiger partial charge in [-0.05, 0) is 42.9 Å². The van der Waals surface area contributed by atoms with Crippen molar-refractivity contribution in [1.82, 2.24) is 0 Å². The molecule has 26 heavy (non-hydrogen) atoms. The molecule has 0 heterocycles. The molecule has 2 aromatic rings. The zero-order chi connectivity index (χ0) is 18.4. The molecule has 0 spiro atoms. The molecule has 1 atom stereocenters. The molecule has 1 N–H and O–H groups in total. The van der Waals surface area contributed by atoms with Crippen LogP contribution >= 0.6 is 0 Å². The SMILES string of the molecule is N#CN(c1ccccc1-c1ccc(C=C2CCCCCC2)cc1)S(=O)O. The number of benzene rings is 2. The van der Waals surface area contributed by atoms with Crippen LogP contribution in [0.25, 0.3) is 17.2 Å². The first kappa shape index (κ1) is 18.4. The van der Waals surface area contributed by atoms with Gasteiger partial charge in [-0.25, -0.2) is 4.21 Å². The molecule has 1 aliphatic carbocycles.